The van der Waals surface area contributed by atoms with Gasteiger partial charge in [0.05, 0.1) is 11.0 Å². The molecule has 8 heteroatoms. The maximum atomic E-state index is 13.8. The van der Waals surface area contributed by atoms with E-state index in [4.69, 9.17) is 16.3 Å². The van der Waals surface area contributed by atoms with Gasteiger partial charge in [0, 0.05) is 16.4 Å². The van der Waals surface area contributed by atoms with Gasteiger partial charge in [0.2, 0.25) is 0 Å². The lowest BCUT2D eigenvalue weighted by molar-refractivity contribution is -0.385. The number of nitrogens with zero attached hydrogens (tertiary/aromatic N) is 1. The van der Waals surface area contributed by atoms with Crippen molar-refractivity contribution in [2.75, 3.05) is 0 Å². The highest BCUT2D eigenvalue weighted by molar-refractivity contribution is 9.10. The zero-order valence-electron chi connectivity index (χ0n) is 10.3. The van der Waals surface area contributed by atoms with Crippen LogP contribution in [0.3, 0.4) is 0 Å². The quantitative estimate of drug-likeness (QED) is 0.419. The molecule has 0 unspecified atom stereocenters. The number of nitro benzene ring substituents is 1. The molecule has 0 aliphatic rings. The van der Waals surface area contributed by atoms with Crippen LogP contribution in [0.4, 0.5) is 14.5 Å². The van der Waals surface area contributed by atoms with Gasteiger partial charge in [-0.3, -0.25) is 10.1 Å². The molecule has 0 heterocycles. The molecule has 0 aliphatic heterocycles. The number of hydrogen-bond acceptors (Lipinski definition) is 3. The van der Waals surface area contributed by atoms with Crippen LogP contribution in [0.15, 0.2) is 34.8 Å². The Bertz CT molecular complexity index is 689. The van der Waals surface area contributed by atoms with Gasteiger partial charge in [-0.2, -0.15) is 0 Å². The lowest BCUT2D eigenvalue weighted by atomic mass is 10.2. The number of ether oxygens (including phenoxy) is 1. The predicted octanol–water partition coefficient (Wildman–Crippen LogP) is 5.17. The number of rotatable bonds is 4. The number of alkyl halides is 1. The second-order valence-electron chi connectivity index (χ2n) is 4.03. The molecule has 0 radical (unpaired) electrons. The van der Waals surface area contributed by atoms with Crippen LogP contribution < -0.4 is 4.74 Å². The molecule has 110 valence electrons. The average Bonchev–Trinajstić information content (AvgIpc) is 2.42. The summed E-state index contributed by atoms with van der Waals surface area (Å²) in [5, 5.41) is 10.7. The van der Waals surface area contributed by atoms with E-state index in [1.807, 2.05) is 0 Å². The number of halogens is 4. The Morgan fingerprint density at radius 2 is 1.81 bits per heavy atom. The topological polar surface area (TPSA) is 52.4 Å². The summed E-state index contributed by atoms with van der Waals surface area (Å²) in [6.45, 7) is 0. The van der Waals surface area contributed by atoms with Crippen LogP contribution in [0.25, 0.3) is 0 Å². The number of non-ortho nitro benzene ring substituents is 1. The van der Waals surface area contributed by atoms with E-state index in [1.54, 1.807) is 0 Å². The van der Waals surface area contributed by atoms with E-state index in [0.29, 0.717) is 4.47 Å². The molecule has 0 aliphatic carbocycles. The fourth-order valence-electron chi connectivity index (χ4n) is 1.62. The van der Waals surface area contributed by atoms with Crippen LogP contribution in [0.5, 0.6) is 11.5 Å². The first kappa shape index (κ1) is 15.7. The van der Waals surface area contributed by atoms with Crippen LogP contribution in [-0.4, -0.2) is 4.92 Å². The van der Waals surface area contributed by atoms with Gasteiger partial charge in [-0.1, -0.05) is 15.9 Å². The Labute approximate surface area is 131 Å². The fourth-order valence-corrected chi connectivity index (χ4v) is 2.23. The summed E-state index contributed by atoms with van der Waals surface area (Å²) >= 11 is 8.57. The smallest absolute Gasteiger partial charge is 0.274 e. The predicted molar refractivity (Wildman–Crippen MR) is 76.8 cm³/mol. The minimum absolute atomic E-state index is 0.0452. The Kier molecular flexibility index (Phi) is 4.74. The summed E-state index contributed by atoms with van der Waals surface area (Å²) < 4.78 is 33.0. The van der Waals surface area contributed by atoms with Gasteiger partial charge in [-0.15, -0.1) is 11.6 Å². The normalized spacial score (nSPS) is 10.5. The van der Waals surface area contributed by atoms with Gasteiger partial charge in [0.1, 0.15) is 5.75 Å². The summed E-state index contributed by atoms with van der Waals surface area (Å²) in [4.78, 5) is 10.1. The van der Waals surface area contributed by atoms with Crippen LogP contribution in [-0.2, 0) is 5.88 Å². The van der Waals surface area contributed by atoms with Crippen molar-refractivity contribution in [1.29, 1.82) is 0 Å². The first-order valence-corrected chi connectivity index (χ1v) is 6.90. The van der Waals surface area contributed by atoms with Gasteiger partial charge in [-0.25, -0.2) is 8.78 Å². The Hall–Kier alpha value is -1.73. The molecule has 0 aromatic heterocycles. The lowest BCUT2D eigenvalue weighted by Gasteiger charge is -2.09. The summed E-state index contributed by atoms with van der Waals surface area (Å²) in [5.41, 5.74) is -0.00295. The van der Waals surface area contributed by atoms with Crippen molar-refractivity contribution < 1.29 is 18.4 Å². The highest BCUT2D eigenvalue weighted by Crippen LogP contribution is 2.33. The van der Waals surface area contributed by atoms with Crippen molar-refractivity contribution in [2.24, 2.45) is 0 Å². The first-order valence-electron chi connectivity index (χ1n) is 5.57. The van der Waals surface area contributed by atoms with E-state index < -0.39 is 22.3 Å². The van der Waals surface area contributed by atoms with Crippen molar-refractivity contribution in [2.45, 2.75) is 5.88 Å². The molecule has 0 saturated heterocycles. The molecule has 4 nitrogen and oxygen atoms in total. The largest absolute Gasteiger partial charge is 0.451 e. The van der Waals surface area contributed by atoms with Crippen LogP contribution in [0, 0.1) is 21.7 Å². The molecular weight excluding hydrogens is 372 g/mol. The Morgan fingerprint density at radius 1 is 1.19 bits per heavy atom. The molecule has 0 spiro atoms. The molecule has 0 bridgehead atoms. The van der Waals surface area contributed by atoms with Gasteiger partial charge in [0.25, 0.3) is 5.69 Å². The van der Waals surface area contributed by atoms with E-state index >= 15 is 0 Å². The van der Waals surface area contributed by atoms with Crippen molar-refractivity contribution in [3.8, 4) is 11.5 Å². The third-order valence-electron chi connectivity index (χ3n) is 2.50. The van der Waals surface area contributed by atoms with E-state index in [0.717, 1.165) is 18.2 Å². The lowest BCUT2D eigenvalue weighted by Crippen LogP contribution is -1.96. The molecule has 0 saturated carbocycles. The molecular formula is C13H7BrClF2NO3. The zero-order valence-corrected chi connectivity index (χ0v) is 12.6. The fraction of sp³-hybridized carbons (Fsp3) is 0.0769. The van der Waals surface area contributed by atoms with E-state index in [2.05, 4.69) is 15.9 Å². The number of nitro groups is 1. The highest BCUT2D eigenvalue weighted by Gasteiger charge is 2.16. The van der Waals surface area contributed by atoms with E-state index in [9.17, 15) is 18.9 Å². The minimum atomic E-state index is -0.937. The van der Waals surface area contributed by atoms with E-state index in [-0.39, 0.29) is 22.9 Å². The molecule has 2 rings (SSSR count). The standard InChI is InChI=1S/C13H7BrClF2NO3/c14-8-3-9(18(19)20)5-10(4-8)21-13-11(16)1-7(6-15)2-12(13)17/h1-5H,6H2. The van der Waals surface area contributed by atoms with Gasteiger partial charge in [0.15, 0.2) is 17.4 Å². The Morgan fingerprint density at radius 3 is 2.33 bits per heavy atom. The van der Waals surface area contributed by atoms with Crippen LogP contribution in [0.1, 0.15) is 5.56 Å². The van der Waals surface area contributed by atoms with Crippen molar-refractivity contribution in [1.82, 2.24) is 0 Å². The second-order valence-corrected chi connectivity index (χ2v) is 5.21. The third kappa shape index (κ3) is 3.68. The summed E-state index contributed by atoms with van der Waals surface area (Å²) in [6, 6.07) is 5.76. The first-order chi connectivity index (χ1) is 9.90. The average molecular weight is 379 g/mol. The van der Waals surface area contributed by atoms with Gasteiger partial charge < -0.3 is 4.74 Å². The second kappa shape index (κ2) is 6.36. The summed E-state index contributed by atoms with van der Waals surface area (Å²) in [7, 11) is 0. The van der Waals surface area contributed by atoms with Crippen molar-refractivity contribution in [3.05, 3.63) is 62.1 Å². The van der Waals surface area contributed by atoms with Gasteiger partial charge >= 0.3 is 0 Å². The molecule has 2 aromatic rings. The zero-order chi connectivity index (χ0) is 15.6. The maximum absolute atomic E-state index is 13.8. The number of benzene rings is 2. The molecule has 0 amide bonds. The highest BCUT2D eigenvalue weighted by atomic mass is 79.9. The van der Waals surface area contributed by atoms with Crippen molar-refractivity contribution in [3.63, 3.8) is 0 Å². The summed E-state index contributed by atoms with van der Waals surface area (Å²) in [5.74, 6) is -2.62. The minimum Gasteiger partial charge on any atom is -0.451 e. The molecule has 0 fully saturated rings. The molecule has 0 N–H and O–H groups in total. The SMILES string of the molecule is O=[N+]([O-])c1cc(Br)cc(Oc2c(F)cc(CCl)cc2F)c1. The molecule has 0 atom stereocenters. The maximum Gasteiger partial charge on any atom is 0.274 e. The molecule has 2 aromatic carbocycles. The summed E-state index contributed by atoms with van der Waals surface area (Å²) in [6.07, 6.45) is 0. The number of hydrogen-bond donors (Lipinski definition) is 0. The van der Waals surface area contributed by atoms with E-state index in [1.165, 1.54) is 12.1 Å². The molecule has 21 heavy (non-hydrogen) atoms. The Balaban J connectivity index is 2.41. The van der Waals surface area contributed by atoms with Crippen LogP contribution in [0.2, 0.25) is 0 Å². The monoisotopic (exact) mass is 377 g/mol. The van der Waals surface area contributed by atoms with Crippen molar-refractivity contribution >= 4 is 33.2 Å². The van der Waals surface area contributed by atoms with Crippen LogP contribution >= 0.6 is 27.5 Å². The van der Waals surface area contributed by atoms with Gasteiger partial charge in [-0.05, 0) is 23.8 Å². The third-order valence-corrected chi connectivity index (χ3v) is 3.27.